The second-order valence-corrected chi connectivity index (χ2v) is 11.1. The van der Waals surface area contributed by atoms with Crippen LogP contribution < -0.4 is 0 Å². The van der Waals surface area contributed by atoms with E-state index >= 15 is 0 Å². The zero-order valence-corrected chi connectivity index (χ0v) is 22.9. The van der Waals surface area contributed by atoms with E-state index in [9.17, 15) is 14.4 Å². The fourth-order valence-corrected chi connectivity index (χ4v) is 5.36. The van der Waals surface area contributed by atoms with Crippen molar-refractivity contribution in [2.24, 2.45) is 35.5 Å². The average molecular weight is 515 g/mol. The largest absolute Gasteiger partial charge is 0.508 e. The van der Waals surface area contributed by atoms with E-state index < -0.39 is 18.5 Å². The number of hydrogen-bond acceptors (Lipinski definition) is 9. The van der Waals surface area contributed by atoms with E-state index in [4.69, 9.17) is 28.4 Å². The fraction of sp³-hybridized carbons (Fsp3) is 0.889. The predicted octanol–water partition coefficient (Wildman–Crippen LogP) is 6.37. The minimum absolute atomic E-state index is 0.137. The van der Waals surface area contributed by atoms with Crippen molar-refractivity contribution in [3.05, 3.63) is 0 Å². The number of carbonyl (C=O) groups excluding carboxylic acids is 3. The quantitative estimate of drug-likeness (QED) is 0.187. The molecule has 0 amide bonds. The van der Waals surface area contributed by atoms with Crippen molar-refractivity contribution in [2.75, 3.05) is 26.4 Å². The summed E-state index contributed by atoms with van der Waals surface area (Å²) in [6.45, 7) is 12.2. The molecule has 0 N–H and O–H groups in total. The molecule has 36 heavy (non-hydrogen) atoms. The summed E-state index contributed by atoms with van der Waals surface area (Å²) in [4.78, 5) is 35.8. The first-order chi connectivity index (χ1) is 17.1. The molecule has 0 aromatic carbocycles. The smallest absolute Gasteiger partial charge is 0.431 e. The van der Waals surface area contributed by atoms with Crippen molar-refractivity contribution in [1.82, 2.24) is 0 Å². The molecular weight excluding hydrogens is 468 g/mol. The SMILES string of the molecule is CC1CCC(C(C)C)C(OC(=O)OCCOC(=O)OCCOC(=O)OC2CC(C)CCC2C(C)C)C1. The van der Waals surface area contributed by atoms with Crippen molar-refractivity contribution in [1.29, 1.82) is 0 Å². The summed E-state index contributed by atoms with van der Waals surface area (Å²) < 4.78 is 30.9. The summed E-state index contributed by atoms with van der Waals surface area (Å²) in [7, 11) is 0. The van der Waals surface area contributed by atoms with E-state index in [2.05, 4.69) is 41.5 Å². The van der Waals surface area contributed by atoms with Gasteiger partial charge in [0, 0.05) is 0 Å². The van der Waals surface area contributed by atoms with E-state index in [1.807, 2.05) is 0 Å². The number of carbonyl (C=O) groups is 3. The molecule has 0 bridgehead atoms. The third-order valence-electron chi connectivity index (χ3n) is 7.46. The van der Waals surface area contributed by atoms with Crippen LogP contribution in [0.5, 0.6) is 0 Å². The summed E-state index contributed by atoms with van der Waals surface area (Å²) in [5.74, 6) is 2.51. The Hall–Kier alpha value is -2.19. The van der Waals surface area contributed by atoms with Gasteiger partial charge in [-0.2, -0.15) is 0 Å². The summed E-state index contributed by atoms with van der Waals surface area (Å²) in [5, 5.41) is 0. The molecular formula is C27H46O9. The van der Waals surface area contributed by atoms with Gasteiger partial charge in [0.1, 0.15) is 38.6 Å². The first kappa shape index (κ1) is 30.0. The van der Waals surface area contributed by atoms with Gasteiger partial charge in [0.05, 0.1) is 0 Å². The minimum atomic E-state index is -0.939. The lowest BCUT2D eigenvalue weighted by molar-refractivity contribution is -0.0423. The maximum absolute atomic E-state index is 12.0. The molecule has 6 atom stereocenters. The Balaban J connectivity index is 1.55. The Labute approximate surface area is 215 Å². The van der Waals surface area contributed by atoms with Gasteiger partial charge in [-0.25, -0.2) is 14.4 Å². The zero-order valence-electron chi connectivity index (χ0n) is 22.9. The molecule has 9 nitrogen and oxygen atoms in total. The van der Waals surface area contributed by atoms with E-state index in [1.165, 1.54) is 0 Å². The molecule has 2 aliphatic rings. The summed E-state index contributed by atoms with van der Waals surface area (Å²) in [6.07, 6.45) is 3.24. The van der Waals surface area contributed by atoms with Crippen molar-refractivity contribution >= 4 is 18.5 Å². The molecule has 2 aliphatic carbocycles. The highest BCUT2D eigenvalue weighted by molar-refractivity contribution is 5.61. The Morgan fingerprint density at radius 3 is 1.25 bits per heavy atom. The molecule has 0 aromatic heterocycles. The molecule has 6 unspecified atom stereocenters. The molecule has 2 saturated carbocycles. The van der Waals surface area contributed by atoms with E-state index in [0.29, 0.717) is 35.5 Å². The van der Waals surface area contributed by atoms with Crippen LogP contribution in [-0.4, -0.2) is 57.1 Å². The van der Waals surface area contributed by atoms with E-state index in [0.717, 1.165) is 38.5 Å². The Morgan fingerprint density at radius 2 is 0.917 bits per heavy atom. The van der Waals surface area contributed by atoms with Crippen molar-refractivity contribution in [2.45, 2.75) is 92.3 Å². The first-order valence-electron chi connectivity index (χ1n) is 13.5. The van der Waals surface area contributed by atoms with Crippen LogP contribution in [0, 0.1) is 35.5 Å². The standard InChI is InChI=1S/C27H46O9/c1-17(2)21-9-7-19(5)15-23(21)35-26(29)33-13-11-31-25(28)32-12-14-34-27(30)36-24-16-20(6)8-10-22(24)18(3)4/h17-24H,7-16H2,1-6H3. The lowest BCUT2D eigenvalue weighted by atomic mass is 9.75. The second-order valence-electron chi connectivity index (χ2n) is 11.1. The summed E-state index contributed by atoms with van der Waals surface area (Å²) in [6, 6.07) is 0. The monoisotopic (exact) mass is 514 g/mol. The molecule has 0 spiro atoms. The average Bonchev–Trinajstić information content (AvgIpc) is 2.79. The van der Waals surface area contributed by atoms with Gasteiger partial charge in [-0.05, 0) is 61.2 Å². The molecule has 0 heterocycles. The van der Waals surface area contributed by atoms with Crippen LogP contribution in [0.2, 0.25) is 0 Å². The Bertz CT molecular complexity index is 637. The van der Waals surface area contributed by atoms with Crippen LogP contribution in [0.3, 0.4) is 0 Å². The van der Waals surface area contributed by atoms with Crippen LogP contribution in [0.1, 0.15) is 80.1 Å². The van der Waals surface area contributed by atoms with Crippen LogP contribution >= 0.6 is 0 Å². The van der Waals surface area contributed by atoms with Gasteiger partial charge in [0.25, 0.3) is 0 Å². The predicted molar refractivity (Wildman–Crippen MR) is 132 cm³/mol. The van der Waals surface area contributed by atoms with Crippen molar-refractivity contribution < 1.29 is 42.8 Å². The molecule has 2 fully saturated rings. The molecule has 0 radical (unpaired) electrons. The molecule has 0 aromatic rings. The number of rotatable bonds is 10. The van der Waals surface area contributed by atoms with Gasteiger partial charge in [-0.3, -0.25) is 0 Å². The zero-order chi connectivity index (χ0) is 26.7. The van der Waals surface area contributed by atoms with Gasteiger partial charge < -0.3 is 28.4 Å². The highest BCUT2D eigenvalue weighted by Gasteiger charge is 2.35. The number of hydrogen-bond donors (Lipinski definition) is 0. The topological polar surface area (TPSA) is 107 Å². The lowest BCUT2D eigenvalue weighted by Crippen LogP contribution is -2.36. The van der Waals surface area contributed by atoms with E-state index in [1.54, 1.807) is 0 Å². The van der Waals surface area contributed by atoms with Crippen LogP contribution in [0.15, 0.2) is 0 Å². The second kappa shape index (κ2) is 15.2. The summed E-state index contributed by atoms with van der Waals surface area (Å²) >= 11 is 0. The van der Waals surface area contributed by atoms with Crippen molar-refractivity contribution in [3.8, 4) is 0 Å². The van der Waals surface area contributed by atoms with Gasteiger partial charge in [-0.1, -0.05) is 54.4 Å². The fourth-order valence-electron chi connectivity index (χ4n) is 5.36. The molecule has 9 heteroatoms. The van der Waals surface area contributed by atoms with Gasteiger partial charge in [-0.15, -0.1) is 0 Å². The Kier molecular flexibility index (Phi) is 12.6. The number of ether oxygens (including phenoxy) is 6. The highest BCUT2D eigenvalue weighted by Crippen LogP contribution is 2.36. The van der Waals surface area contributed by atoms with Crippen molar-refractivity contribution in [3.63, 3.8) is 0 Å². The normalized spacial score (nSPS) is 28.3. The molecule has 208 valence electrons. The molecule has 2 rings (SSSR count). The first-order valence-corrected chi connectivity index (χ1v) is 13.5. The van der Waals surface area contributed by atoms with Crippen LogP contribution in [-0.2, 0) is 28.4 Å². The third kappa shape index (κ3) is 10.4. The minimum Gasteiger partial charge on any atom is -0.431 e. The maximum Gasteiger partial charge on any atom is 0.508 e. The van der Waals surface area contributed by atoms with Crippen LogP contribution in [0.4, 0.5) is 14.4 Å². The van der Waals surface area contributed by atoms with Gasteiger partial charge >= 0.3 is 18.5 Å². The summed E-state index contributed by atoms with van der Waals surface area (Å²) in [5.41, 5.74) is 0. The van der Waals surface area contributed by atoms with Gasteiger partial charge in [0.2, 0.25) is 0 Å². The van der Waals surface area contributed by atoms with Gasteiger partial charge in [0.15, 0.2) is 0 Å². The molecule has 0 saturated heterocycles. The van der Waals surface area contributed by atoms with E-state index in [-0.39, 0.29) is 38.6 Å². The molecule has 0 aliphatic heterocycles. The lowest BCUT2D eigenvalue weighted by Gasteiger charge is -2.36. The van der Waals surface area contributed by atoms with Crippen LogP contribution in [0.25, 0.3) is 0 Å². The maximum atomic E-state index is 12.0. The third-order valence-corrected chi connectivity index (χ3v) is 7.46. The Morgan fingerprint density at radius 1 is 0.583 bits per heavy atom. The highest BCUT2D eigenvalue weighted by atomic mass is 16.8.